The van der Waals surface area contributed by atoms with Crippen LogP contribution < -0.4 is 4.90 Å². The van der Waals surface area contributed by atoms with Crippen LogP contribution in [0.4, 0.5) is 10.1 Å². The van der Waals surface area contributed by atoms with E-state index < -0.39 is 16.0 Å². The van der Waals surface area contributed by atoms with E-state index in [1.807, 2.05) is 6.07 Å². The lowest BCUT2D eigenvalue weighted by Gasteiger charge is -2.35. The van der Waals surface area contributed by atoms with Gasteiger partial charge in [-0.15, -0.1) is 0 Å². The number of piperazine rings is 1. The van der Waals surface area contributed by atoms with Gasteiger partial charge in [0.25, 0.3) is 0 Å². The van der Waals surface area contributed by atoms with Crippen molar-refractivity contribution in [2.24, 2.45) is 0 Å². The Bertz CT molecular complexity index is 1390. The fraction of sp³-hybridized carbons (Fsp3) is 0.217. The monoisotopic (exact) mass is 502 g/mol. The van der Waals surface area contributed by atoms with Gasteiger partial charge in [0.15, 0.2) is 0 Å². The number of sulfonamides is 1. The number of carboxylic acid groups (broad SMARTS) is 1. The van der Waals surface area contributed by atoms with E-state index in [1.165, 1.54) is 45.5 Å². The average Bonchev–Trinajstić information content (AvgIpc) is 3.21. The molecule has 11 heteroatoms. The molecule has 2 heterocycles. The van der Waals surface area contributed by atoms with Crippen molar-refractivity contribution in [3.05, 3.63) is 71.3 Å². The summed E-state index contributed by atoms with van der Waals surface area (Å²) in [6.45, 7) is 0.634. The Hall–Kier alpha value is -3.39. The minimum atomic E-state index is -3.92. The highest BCUT2D eigenvalue weighted by atomic mass is 35.5. The molecule has 0 spiro atoms. The highest BCUT2D eigenvalue weighted by Gasteiger charge is 2.30. The van der Waals surface area contributed by atoms with Crippen molar-refractivity contribution in [3.8, 4) is 17.2 Å². The fourth-order valence-corrected chi connectivity index (χ4v) is 5.76. The van der Waals surface area contributed by atoms with Crippen LogP contribution in [0.1, 0.15) is 5.56 Å². The van der Waals surface area contributed by atoms with Gasteiger partial charge in [-0.05, 0) is 35.9 Å². The zero-order chi connectivity index (χ0) is 24.5. The minimum absolute atomic E-state index is 0.0378. The first-order valence-electron chi connectivity index (χ1n) is 10.3. The van der Waals surface area contributed by atoms with Crippen LogP contribution in [-0.4, -0.2) is 54.5 Å². The molecule has 1 saturated heterocycles. The number of anilines is 1. The summed E-state index contributed by atoms with van der Waals surface area (Å²) >= 11 is 6.24. The smallest absolute Gasteiger partial charge is 0.323 e. The Labute approximate surface area is 201 Å². The molecule has 34 heavy (non-hydrogen) atoms. The number of rotatable bonds is 6. The summed E-state index contributed by atoms with van der Waals surface area (Å²) in [6.07, 6.45) is 2.86. The maximum Gasteiger partial charge on any atom is 0.323 e. The van der Waals surface area contributed by atoms with Crippen LogP contribution in [0, 0.1) is 17.1 Å². The Morgan fingerprint density at radius 3 is 2.47 bits per heavy atom. The highest BCUT2D eigenvalue weighted by molar-refractivity contribution is 7.89. The molecule has 1 aliphatic heterocycles. The lowest BCUT2D eigenvalue weighted by atomic mass is 10.1. The van der Waals surface area contributed by atoms with Crippen molar-refractivity contribution in [2.45, 2.75) is 11.4 Å². The molecule has 0 atom stereocenters. The van der Waals surface area contributed by atoms with Crippen molar-refractivity contribution in [1.29, 1.82) is 5.26 Å². The Kier molecular flexibility index (Phi) is 6.61. The zero-order valence-corrected chi connectivity index (χ0v) is 19.4. The van der Waals surface area contributed by atoms with Gasteiger partial charge in [0, 0.05) is 49.2 Å². The molecule has 0 radical (unpaired) electrons. The molecule has 1 fully saturated rings. The van der Waals surface area contributed by atoms with Crippen LogP contribution in [0.3, 0.4) is 0 Å². The van der Waals surface area contributed by atoms with Crippen LogP contribution in [0.2, 0.25) is 5.02 Å². The predicted octanol–water partition coefficient (Wildman–Crippen LogP) is 3.41. The van der Waals surface area contributed by atoms with Crippen molar-refractivity contribution in [2.75, 3.05) is 31.1 Å². The maximum absolute atomic E-state index is 14.1. The van der Waals surface area contributed by atoms with E-state index in [9.17, 15) is 22.9 Å². The minimum Gasteiger partial charge on any atom is -0.480 e. The second-order valence-corrected chi connectivity index (χ2v) is 10.2. The van der Waals surface area contributed by atoms with Crippen molar-refractivity contribution >= 4 is 33.3 Å². The number of carboxylic acids is 1. The third-order valence-electron chi connectivity index (χ3n) is 5.57. The van der Waals surface area contributed by atoms with E-state index >= 15 is 0 Å². The van der Waals surface area contributed by atoms with Gasteiger partial charge < -0.3 is 14.6 Å². The number of benzene rings is 2. The fourth-order valence-electron chi connectivity index (χ4n) is 3.97. The van der Waals surface area contributed by atoms with E-state index in [2.05, 4.69) is 0 Å². The standard InChI is InChI=1S/C23H20ClFN4O4S/c24-18-9-16(20-14-27(15-23(30)31)13-17(20)12-26)10-19(11-18)34(32,33)29-7-5-28(6-8-29)22-4-2-1-3-21(22)25/h1-4,9-11,13-14H,5-8,15H2,(H,30,31). The first-order chi connectivity index (χ1) is 16.2. The second-order valence-electron chi connectivity index (χ2n) is 7.78. The number of aliphatic carboxylic acids is 1. The summed E-state index contributed by atoms with van der Waals surface area (Å²) in [6, 6.07) is 12.6. The molecule has 0 bridgehead atoms. The quantitative estimate of drug-likeness (QED) is 0.553. The van der Waals surface area contributed by atoms with E-state index in [4.69, 9.17) is 16.7 Å². The normalized spacial score (nSPS) is 14.7. The number of hydrogen-bond donors (Lipinski definition) is 1. The number of nitriles is 1. The van der Waals surface area contributed by atoms with Gasteiger partial charge in [-0.3, -0.25) is 4.79 Å². The lowest BCUT2D eigenvalue weighted by molar-refractivity contribution is -0.137. The molecule has 1 aliphatic rings. The molecular weight excluding hydrogens is 483 g/mol. The molecule has 0 aliphatic carbocycles. The molecular formula is C23H20ClFN4O4S. The van der Waals surface area contributed by atoms with Gasteiger partial charge in [0.05, 0.1) is 16.1 Å². The molecule has 1 N–H and O–H groups in total. The number of carbonyl (C=O) groups is 1. The third-order valence-corrected chi connectivity index (χ3v) is 7.66. The molecule has 0 saturated carbocycles. The molecule has 0 amide bonds. The average molecular weight is 503 g/mol. The van der Waals surface area contributed by atoms with E-state index in [1.54, 1.807) is 23.1 Å². The summed E-state index contributed by atoms with van der Waals surface area (Å²) < 4.78 is 43.5. The summed E-state index contributed by atoms with van der Waals surface area (Å²) in [7, 11) is -3.92. The van der Waals surface area contributed by atoms with Gasteiger partial charge in [-0.2, -0.15) is 9.57 Å². The Balaban J connectivity index is 1.61. The molecule has 3 aromatic rings. The number of aromatic nitrogens is 1. The van der Waals surface area contributed by atoms with E-state index in [0.29, 0.717) is 29.9 Å². The van der Waals surface area contributed by atoms with Crippen LogP contribution in [0.25, 0.3) is 11.1 Å². The molecule has 2 aromatic carbocycles. The van der Waals surface area contributed by atoms with Crippen LogP contribution in [0.5, 0.6) is 0 Å². The van der Waals surface area contributed by atoms with E-state index in [0.717, 1.165) is 0 Å². The first kappa shape index (κ1) is 23.8. The summed E-state index contributed by atoms with van der Waals surface area (Å²) in [5.41, 5.74) is 1.40. The van der Waals surface area contributed by atoms with E-state index in [-0.39, 0.29) is 40.9 Å². The van der Waals surface area contributed by atoms with Crippen LogP contribution in [0.15, 0.2) is 59.8 Å². The highest BCUT2D eigenvalue weighted by Crippen LogP contribution is 2.32. The van der Waals surface area contributed by atoms with Crippen LogP contribution >= 0.6 is 11.6 Å². The second kappa shape index (κ2) is 9.46. The largest absolute Gasteiger partial charge is 0.480 e. The molecule has 176 valence electrons. The van der Waals surface area contributed by atoms with Gasteiger partial charge in [-0.1, -0.05) is 23.7 Å². The molecule has 4 rings (SSSR count). The maximum atomic E-state index is 14.1. The summed E-state index contributed by atoms with van der Waals surface area (Å²) in [5.74, 6) is -1.43. The Morgan fingerprint density at radius 1 is 1.12 bits per heavy atom. The predicted molar refractivity (Wildman–Crippen MR) is 125 cm³/mol. The van der Waals surface area contributed by atoms with Gasteiger partial charge in [-0.25, -0.2) is 12.8 Å². The Morgan fingerprint density at radius 2 is 1.82 bits per heavy atom. The number of para-hydroxylation sites is 1. The molecule has 8 nitrogen and oxygen atoms in total. The van der Waals surface area contributed by atoms with Gasteiger partial charge in [0.1, 0.15) is 18.4 Å². The third kappa shape index (κ3) is 4.77. The van der Waals surface area contributed by atoms with Crippen LogP contribution in [-0.2, 0) is 21.4 Å². The summed E-state index contributed by atoms with van der Waals surface area (Å²) in [4.78, 5) is 12.8. The first-order valence-corrected chi connectivity index (χ1v) is 12.1. The van der Waals surface area contributed by atoms with Gasteiger partial charge in [0.2, 0.25) is 10.0 Å². The van der Waals surface area contributed by atoms with Crippen molar-refractivity contribution < 1.29 is 22.7 Å². The topological polar surface area (TPSA) is 107 Å². The van der Waals surface area contributed by atoms with Crippen molar-refractivity contribution in [3.63, 3.8) is 0 Å². The van der Waals surface area contributed by atoms with Gasteiger partial charge >= 0.3 is 5.97 Å². The van der Waals surface area contributed by atoms with Crippen molar-refractivity contribution in [1.82, 2.24) is 8.87 Å². The lowest BCUT2D eigenvalue weighted by Crippen LogP contribution is -2.48. The number of halogens is 2. The number of nitrogens with zero attached hydrogens (tertiary/aromatic N) is 4. The SMILES string of the molecule is N#Cc1cn(CC(=O)O)cc1-c1cc(Cl)cc(S(=O)(=O)N2CCN(c3ccccc3F)CC2)c1. The molecule has 0 unspecified atom stereocenters. The molecule has 1 aromatic heterocycles. The summed E-state index contributed by atoms with van der Waals surface area (Å²) in [5, 5.41) is 18.7. The number of hydrogen-bond acceptors (Lipinski definition) is 5. The zero-order valence-electron chi connectivity index (χ0n) is 17.9.